The number of aryl methyl sites for hydroxylation is 1. The predicted molar refractivity (Wildman–Crippen MR) is 87.0 cm³/mol. The summed E-state index contributed by atoms with van der Waals surface area (Å²) in [5, 5.41) is 15.4. The van der Waals surface area contributed by atoms with Crippen molar-refractivity contribution < 1.29 is 31.5 Å². The van der Waals surface area contributed by atoms with E-state index in [1.807, 2.05) is 0 Å². The van der Waals surface area contributed by atoms with Gasteiger partial charge in [0.1, 0.15) is 10.6 Å². The highest BCUT2D eigenvalue weighted by atomic mass is 35.5. The van der Waals surface area contributed by atoms with Crippen LogP contribution in [0.25, 0.3) is 0 Å². The molecule has 1 heterocycles. The number of hydrogen-bond donors (Lipinski definition) is 3. The van der Waals surface area contributed by atoms with Gasteiger partial charge in [0.25, 0.3) is 10.0 Å². The van der Waals surface area contributed by atoms with Gasteiger partial charge >= 0.3 is 12.1 Å². The Balaban J connectivity index is 2.60. The zero-order valence-corrected chi connectivity index (χ0v) is 14.5. The summed E-state index contributed by atoms with van der Waals surface area (Å²) in [5.41, 5.74) is -1.53. The van der Waals surface area contributed by atoms with Crippen LogP contribution < -0.4 is 10.5 Å². The molecule has 1 aromatic carbocycles. The van der Waals surface area contributed by atoms with Crippen LogP contribution in [0.1, 0.15) is 21.5 Å². The van der Waals surface area contributed by atoms with Gasteiger partial charge in [-0.15, -0.1) is 0 Å². The molecule has 0 atom stereocenters. The number of nitrogens with two attached hydrogens (primary N) is 1. The van der Waals surface area contributed by atoms with Crippen LogP contribution in [-0.4, -0.2) is 24.5 Å². The highest BCUT2D eigenvalue weighted by Gasteiger charge is 2.31. The van der Waals surface area contributed by atoms with Gasteiger partial charge in [-0.05, 0) is 30.7 Å². The molecule has 0 saturated heterocycles. The van der Waals surface area contributed by atoms with Gasteiger partial charge in [0.2, 0.25) is 0 Å². The van der Waals surface area contributed by atoms with E-state index in [4.69, 9.17) is 16.7 Å². The summed E-state index contributed by atoms with van der Waals surface area (Å²) in [6, 6.07) is 2.70. The average molecular weight is 410 g/mol. The van der Waals surface area contributed by atoms with Crippen LogP contribution in [0.15, 0.2) is 29.4 Å². The molecule has 0 fully saturated rings. The number of carbonyl (C=O) groups is 1. The van der Waals surface area contributed by atoms with Crippen molar-refractivity contribution in [2.45, 2.75) is 18.1 Å². The van der Waals surface area contributed by atoms with E-state index in [2.05, 4.69) is 10.3 Å². The fraction of sp³-hybridized carbons (Fsp3) is 0.143. The number of nitrogens with one attached hydrogen (secondary N) is 1. The number of aromatic nitrogens is 1. The second-order valence-corrected chi connectivity index (χ2v) is 7.02. The quantitative estimate of drug-likeness (QED) is 0.713. The Labute approximate surface area is 150 Å². The van der Waals surface area contributed by atoms with Crippen LogP contribution in [0.2, 0.25) is 5.02 Å². The molecule has 2 aromatic rings. The highest BCUT2D eigenvalue weighted by Crippen LogP contribution is 2.36. The van der Waals surface area contributed by atoms with Gasteiger partial charge in [0.15, 0.2) is 5.03 Å². The molecular formula is C14H11ClF3N3O4S. The minimum Gasteiger partial charge on any atom is -0.478 e. The van der Waals surface area contributed by atoms with Gasteiger partial charge in [-0.2, -0.15) is 13.2 Å². The molecule has 0 amide bonds. The zero-order valence-electron chi connectivity index (χ0n) is 12.9. The summed E-state index contributed by atoms with van der Waals surface area (Å²) in [7, 11) is -4.35. The van der Waals surface area contributed by atoms with Crippen molar-refractivity contribution in [1.82, 2.24) is 4.98 Å². The van der Waals surface area contributed by atoms with Crippen molar-refractivity contribution >= 4 is 39.0 Å². The first-order valence-corrected chi connectivity index (χ1v) is 8.64. The van der Waals surface area contributed by atoms with Crippen molar-refractivity contribution in [3.63, 3.8) is 0 Å². The van der Waals surface area contributed by atoms with Crippen LogP contribution in [0, 0.1) is 6.92 Å². The highest BCUT2D eigenvalue weighted by molar-refractivity contribution is 7.89. The molecule has 7 nitrogen and oxygen atoms in total. The molecule has 2 rings (SSSR count). The number of carboxylic acid groups (broad SMARTS) is 1. The maximum Gasteiger partial charge on any atom is 0.416 e. The van der Waals surface area contributed by atoms with E-state index in [-0.39, 0.29) is 16.9 Å². The summed E-state index contributed by atoms with van der Waals surface area (Å²) in [6.07, 6.45) is -3.82. The third-order valence-electron chi connectivity index (χ3n) is 3.30. The van der Waals surface area contributed by atoms with E-state index >= 15 is 0 Å². The zero-order chi connectivity index (χ0) is 19.9. The minimum atomic E-state index is -4.55. The number of halogens is 4. The van der Waals surface area contributed by atoms with Crippen LogP contribution in [-0.2, 0) is 16.2 Å². The number of hydrogen-bond acceptors (Lipinski definition) is 5. The first-order chi connectivity index (χ1) is 11.8. The maximum absolute atomic E-state index is 12.7. The molecule has 4 N–H and O–H groups in total. The molecule has 12 heteroatoms. The molecule has 0 spiro atoms. The van der Waals surface area contributed by atoms with Gasteiger partial charge in [-0.1, -0.05) is 11.6 Å². The lowest BCUT2D eigenvalue weighted by molar-refractivity contribution is -0.137. The van der Waals surface area contributed by atoms with Crippen LogP contribution >= 0.6 is 11.6 Å². The van der Waals surface area contributed by atoms with Gasteiger partial charge < -0.3 is 10.4 Å². The normalized spacial score (nSPS) is 12.1. The SMILES string of the molecule is Cc1cc(C(F)(F)F)ccc1Nc1c(C(=O)O)cnc(S(N)(=O)=O)c1Cl. The molecule has 0 unspecified atom stereocenters. The molecule has 0 aliphatic carbocycles. The number of anilines is 2. The van der Waals surface area contributed by atoms with Gasteiger partial charge in [0.05, 0.1) is 11.3 Å². The molecule has 0 bridgehead atoms. The van der Waals surface area contributed by atoms with E-state index in [1.54, 1.807) is 0 Å². The van der Waals surface area contributed by atoms with Gasteiger partial charge in [-0.25, -0.2) is 23.3 Å². The lowest BCUT2D eigenvalue weighted by atomic mass is 10.1. The predicted octanol–water partition coefficient (Wildman–Crippen LogP) is 3.15. The number of pyridine rings is 1. The van der Waals surface area contributed by atoms with Crippen molar-refractivity contribution in [3.8, 4) is 0 Å². The monoisotopic (exact) mass is 409 g/mol. The summed E-state index contributed by atoms with van der Waals surface area (Å²) in [6.45, 7) is 1.35. The van der Waals surface area contributed by atoms with Crippen molar-refractivity contribution in [3.05, 3.63) is 46.1 Å². The molecule has 1 aromatic heterocycles. The van der Waals surface area contributed by atoms with Crippen LogP contribution in [0.4, 0.5) is 24.5 Å². The fourth-order valence-corrected chi connectivity index (χ4v) is 3.14. The molecule has 26 heavy (non-hydrogen) atoms. The molecule has 0 aliphatic heterocycles. The summed E-state index contributed by atoms with van der Waals surface area (Å²) >= 11 is 5.92. The van der Waals surface area contributed by atoms with E-state index in [9.17, 15) is 31.5 Å². The molecule has 0 saturated carbocycles. The van der Waals surface area contributed by atoms with E-state index < -0.39 is 43.3 Å². The fourth-order valence-electron chi connectivity index (χ4n) is 2.07. The Morgan fingerprint density at radius 1 is 1.35 bits per heavy atom. The number of primary sulfonamides is 1. The lowest BCUT2D eigenvalue weighted by Crippen LogP contribution is -2.17. The third-order valence-corrected chi connectivity index (χ3v) is 4.63. The Kier molecular flexibility index (Phi) is 5.17. The van der Waals surface area contributed by atoms with Crippen LogP contribution in [0.5, 0.6) is 0 Å². The first kappa shape index (κ1) is 19.9. The number of benzene rings is 1. The second kappa shape index (κ2) is 6.74. The standard InChI is InChI=1S/C14H11ClF3N3O4S/c1-6-4-7(14(16,17)18)2-3-9(6)21-11-8(13(22)23)5-20-12(10(11)15)26(19,24)25/h2-5H,1H3,(H,20,21)(H,22,23)(H2,19,24,25). The Bertz CT molecular complexity index is 994. The molecule has 140 valence electrons. The Hall–Kier alpha value is -2.37. The number of carboxylic acids is 1. The van der Waals surface area contributed by atoms with Crippen molar-refractivity contribution in [2.24, 2.45) is 5.14 Å². The Morgan fingerprint density at radius 2 is 1.96 bits per heavy atom. The maximum atomic E-state index is 12.7. The summed E-state index contributed by atoms with van der Waals surface area (Å²) in [5.74, 6) is -1.48. The second-order valence-electron chi connectivity index (χ2n) is 5.17. The van der Waals surface area contributed by atoms with Crippen molar-refractivity contribution in [2.75, 3.05) is 5.32 Å². The number of aromatic carboxylic acids is 1. The van der Waals surface area contributed by atoms with E-state index in [0.717, 1.165) is 24.4 Å². The number of nitrogens with zero attached hydrogens (tertiary/aromatic N) is 1. The molecular weight excluding hydrogens is 399 g/mol. The summed E-state index contributed by atoms with van der Waals surface area (Å²) in [4.78, 5) is 14.8. The lowest BCUT2D eigenvalue weighted by Gasteiger charge is -2.16. The van der Waals surface area contributed by atoms with Crippen LogP contribution in [0.3, 0.4) is 0 Å². The minimum absolute atomic E-state index is 0.0916. The topological polar surface area (TPSA) is 122 Å². The van der Waals surface area contributed by atoms with E-state index in [0.29, 0.717) is 0 Å². The van der Waals surface area contributed by atoms with E-state index in [1.165, 1.54) is 6.92 Å². The average Bonchev–Trinajstić information content (AvgIpc) is 2.48. The first-order valence-electron chi connectivity index (χ1n) is 6.72. The smallest absolute Gasteiger partial charge is 0.416 e. The third kappa shape index (κ3) is 4.06. The van der Waals surface area contributed by atoms with Crippen molar-refractivity contribution in [1.29, 1.82) is 0 Å². The number of sulfonamides is 1. The largest absolute Gasteiger partial charge is 0.478 e. The Morgan fingerprint density at radius 3 is 2.42 bits per heavy atom. The van der Waals surface area contributed by atoms with Gasteiger partial charge in [0, 0.05) is 11.9 Å². The van der Waals surface area contributed by atoms with Gasteiger partial charge in [-0.3, -0.25) is 0 Å². The summed E-state index contributed by atoms with van der Waals surface area (Å²) < 4.78 is 61.2. The number of rotatable bonds is 4. The molecule has 0 aliphatic rings. The number of alkyl halides is 3. The molecule has 0 radical (unpaired) electrons.